The van der Waals surface area contributed by atoms with Crippen LogP contribution in [-0.4, -0.2) is 12.6 Å². The fourth-order valence-corrected chi connectivity index (χ4v) is 1.67. The lowest BCUT2D eigenvalue weighted by atomic mass is 10.2. The number of benzene rings is 1. The first kappa shape index (κ1) is 9.61. The van der Waals surface area contributed by atoms with Crippen molar-refractivity contribution < 1.29 is 9.59 Å². The number of aldehydes is 2. The van der Waals surface area contributed by atoms with E-state index in [1.807, 2.05) is 0 Å². The van der Waals surface area contributed by atoms with Gasteiger partial charge in [-0.25, -0.2) is 0 Å². The van der Waals surface area contributed by atoms with E-state index in [0.717, 1.165) is 12.6 Å². The van der Waals surface area contributed by atoms with Gasteiger partial charge in [-0.3, -0.25) is 9.59 Å². The van der Waals surface area contributed by atoms with E-state index >= 15 is 0 Å². The summed E-state index contributed by atoms with van der Waals surface area (Å²) in [6.45, 7) is 0. The van der Waals surface area contributed by atoms with Crippen LogP contribution in [0, 0.1) is 0 Å². The van der Waals surface area contributed by atoms with E-state index in [1.54, 1.807) is 12.1 Å². The smallest absolute Gasteiger partial charge is 0.151 e. The molecule has 4 heteroatoms. The minimum atomic E-state index is 0.521. The Hall–Kier alpha value is -0.480. The van der Waals surface area contributed by atoms with Crippen LogP contribution in [0.25, 0.3) is 0 Å². The predicted molar refractivity (Wildman–Crippen MR) is 52.6 cm³/mol. The van der Waals surface area contributed by atoms with Gasteiger partial charge in [-0.1, -0.05) is 0 Å². The van der Waals surface area contributed by atoms with Crippen LogP contribution in [0.3, 0.4) is 0 Å². The van der Waals surface area contributed by atoms with Crippen LogP contribution < -0.4 is 0 Å². The Morgan fingerprint density at radius 1 is 0.917 bits per heavy atom. The summed E-state index contributed by atoms with van der Waals surface area (Å²) in [6, 6.07) is 3.18. The number of carbonyl (C=O) groups excluding carboxylic acids is 2. The molecule has 0 bridgehead atoms. The van der Waals surface area contributed by atoms with Crippen molar-refractivity contribution in [1.82, 2.24) is 0 Å². The maximum absolute atomic E-state index is 10.4. The molecule has 0 aliphatic heterocycles. The third kappa shape index (κ3) is 1.64. The molecule has 62 valence electrons. The van der Waals surface area contributed by atoms with Crippen LogP contribution in [0.5, 0.6) is 0 Å². The Labute approximate surface area is 86.2 Å². The van der Waals surface area contributed by atoms with E-state index < -0.39 is 0 Å². The molecule has 0 radical (unpaired) electrons. The molecule has 0 amide bonds. The zero-order valence-electron chi connectivity index (χ0n) is 5.88. The molecule has 1 rings (SSSR count). The fourth-order valence-electron chi connectivity index (χ4n) is 0.761. The van der Waals surface area contributed by atoms with E-state index in [2.05, 4.69) is 31.9 Å². The van der Waals surface area contributed by atoms with Gasteiger partial charge < -0.3 is 0 Å². The van der Waals surface area contributed by atoms with Crippen molar-refractivity contribution in [2.45, 2.75) is 0 Å². The Morgan fingerprint density at radius 2 is 1.25 bits per heavy atom. The van der Waals surface area contributed by atoms with E-state index in [1.165, 1.54) is 0 Å². The van der Waals surface area contributed by atoms with Crippen molar-refractivity contribution in [2.24, 2.45) is 0 Å². The molecule has 1 aromatic carbocycles. The summed E-state index contributed by atoms with van der Waals surface area (Å²) in [7, 11) is 0. The minimum Gasteiger partial charge on any atom is -0.298 e. The summed E-state index contributed by atoms with van der Waals surface area (Å²) in [5, 5.41) is 0. The Bertz CT molecular complexity index is 301. The molecule has 12 heavy (non-hydrogen) atoms. The second-order valence-electron chi connectivity index (χ2n) is 2.11. The van der Waals surface area contributed by atoms with Crippen molar-refractivity contribution in [3.8, 4) is 0 Å². The predicted octanol–water partition coefficient (Wildman–Crippen LogP) is 2.84. The highest BCUT2D eigenvalue weighted by atomic mass is 79.9. The molecule has 0 atom stereocenters. The third-order valence-electron chi connectivity index (χ3n) is 1.40. The van der Waals surface area contributed by atoms with Crippen molar-refractivity contribution in [3.63, 3.8) is 0 Å². The fraction of sp³-hybridized carbons (Fsp3) is 0. The summed E-state index contributed by atoms with van der Waals surface area (Å²) in [4.78, 5) is 20.9. The normalized spacial score (nSPS) is 9.50. The zero-order valence-corrected chi connectivity index (χ0v) is 9.05. The summed E-state index contributed by atoms with van der Waals surface area (Å²) in [6.07, 6.45) is 1.45. The maximum Gasteiger partial charge on any atom is 0.151 e. The molecule has 0 aliphatic carbocycles. The molecule has 2 nitrogen and oxygen atoms in total. The Balaban J connectivity index is 3.38. The van der Waals surface area contributed by atoms with E-state index in [4.69, 9.17) is 0 Å². The topological polar surface area (TPSA) is 34.1 Å². The van der Waals surface area contributed by atoms with Crippen LogP contribution in [-0.2, 0) is 0 Å². The van der Waals surface area contributed by atoms with Crippen molar-refractivity contribution >= 4 is 44.4 Å². The van der Waals surface area contributed by atoms with Gasteiger partial charge in [0, 0.05) is 20.1 Å². The first-order valence-corrected chi connectivity index (χ1v) is 4.67. The van der Waals surface area contributed by atoms with E-state index in [9.17, 15) is 9.59 Å². The molecule has 0 saturated carbocycles. The maximum atomic E-state index is 10.4. The van der Waals surface area contributed by atoms with Gasteiger partial charge in [0.15, 0.2) is 12.6 Å². The van der Waals surface area contributed by atoms with Gasteiger partial charge in [0.25, 0.3) is 0 Å². The zero-order chi connectivity index (χ0) is 9.14. The van der Waals surface area contributed by atoms with Crippen LogP contribution in [0.1, 0.15) is 20.7 Å². The second-order valence-corrected chi connectivity index (χ2v) is 3.69. The summed E-state index contributed by atoms with van der Waals surface area (Å²) in [5.74, 6) is 0. The highest BCUT2D eigenvalue weighted by Crippen LogP contribution is 2.28. The molecule has 0 heterocycles. The lowest BCUT2D eigenvalue weighted by molar-refractivity contribution is 0.111. The van der Waals surface area contributed by atoms with Crippen LogP contribution in [0.2, 0.25) is 0 Å². The first-order valence-electron chi connectivity index (χ1n) is 3.09. The van der Waals surface area contributed by atoms with Crippen molar-refractivity contribution in [1.29, 1.82) is 0 Å². The highest BCUT2D eigenvalue weighted by molar-refractivity contribution is 9.13. The highest BCUT2D eigenvalue weighted by Gasteiger charge is 2.06. The Morgan fingerprint density at radius 3 is 1.50 bits per heavy atom. The minimum absolute atomic E-state index is 0.521. The quantitative estimate of drug-likeness (QED) is 0.785. The van der Waals surface area contributed by atoms with Gasteiger partial charge in [0.1, 0.15) is 0 Å². The number of hydrogen-bond donors (Lipinski definition) is 0. The average Bonchev–Trinajstić information content (AvgIpc) is 2.10. The number of hydrogen-bond acceptors (Lipinski definition) is 2. The molecule has 0 aromatic heterocycles. The van der Waals surface area contributed by atoms with Gasteiger partial charge >= 0.3 is 0 Å². The molecular weight excluding hydrogens is 288 g/mol. The third-order valence-corrected chi connectivity index (χ3v) is 3.64. The van der Waals surface area contributed by atoms with Gasteiger partial charge in [0.05, 0.1) is 0 Å². The van der Waals surface area contributed by atoms with Crippen LogP contribution in [0.4, 0.5) is 0 Å². The van der Waals surface area contributed by atoms with Crippen molar-refractivity contribution in [3.05, 3.63) is 32.2 Å². The largest absolute Gasteiger partial charge is 0.298 e. The number of carbonyl (C=O) groups is 2. The molecule has 0 unspecified atom stereocenters. The van der Waals surface area contributed by atoms with Gasteiger partial charge in [-0.05, 0) is 44.0 Å². The van der Waals surface area contributed by atoms with Crippen LogP contribution in [0.15, 0.2) is 21.1 Å². The SMILES string of the molecule is O=Cc1ccc(C=O)c(Br)c1Br. The molecule has 1 aromatic rings. The molecular formula is C8H4Br2O2. The van der Waals surface area contributed by atoms with Gasteiger partial charge in [-0.15, -0.1) is 0 Å². The summed E-state index contributed by atoms with van der Waals surface area (Å²) < 4.78 is 1.23. The van der Waals surface area contributed by atoms with Crippen LogP contribution >= 0.6 is 31.9 Å². The monoisotopic (exact) mass is 290 g/mol. The van der Waals surface area contributed by atoms with Gasteiger partial charge in [-0.2, -0.15) is 0 Å². The standard InChI is InChI=1S/C8H4Br2O2/c9-7-5(3-11)1-2-6(4-12)8(7)10/h1-4H. The molecule has 0 fully saturated rings. The summed E-state index contributed by atoms with van der Waals surface area (Å²) >= 11 is 6.39. The molecule has 0 aliphatic rings. The lowest BCUT2D eigenvalue weighted by Crippen LogP contribution is -1.88. The first-order chi connectivity index (χ1) is 5.70. The lowest BCUT2D eigenvalue weighted by Gasteiger charge is -2.01. The van der Waals surface area contributed by atoms with Crippen molar-refractivity contribution in [2.75, 3.05) is 0 Å². The van der Waals surface area contributed by atoms with E-state index in [-0.39, 0.29) is 0 Å². The molecule has 0 N–H and O–H groups in total. The number of rotatable bonds is 2. The second kappa shape index (κ2) is 3.96. The van der Waals surface area contributed by atoms with E-state index in [0.29, 0.717) is 20.1 Å². The Kier molecular flexibility index (Phi) is 3.17. The molecule has 0 saturated heterocycles. The molecule has 0 spiro atoms. The summed E-state index contributed by atoms with van der Waals surface area (Å²) in [5.41, 5.74) is 1.04. The number of halogens is 2. The van der Waals surface area contributed by atoms with Gasteiger partial charge in [0.2, 0.25) is 0 Å². The average molecular weight is 292 g/mol.